The molecule has 0 aliphatic carbocycles. The molecule has 0 aromatic carbocycles. The van der Waals surface area contributed by atoms with E-state index in [0.717, 1.165) is 0 Å². The van der Waals surface area contributed by atoms with Gasteiger partial charge in [-0.1, -0.05) is 33.6 Å². The highest BCUT2D eigenvalue weighted by atomic mass is 35.5. The molecular weight excluding hydrogens is 146 g/mol. The second-order valence-corrected chi connectivity index (χ2v) is 3.05. The molecule has 0 rings (SSSR count). The lowest BCUT2D eigenvalue weighted by Gasteiger charge is -2.13. The number of unbranched alkanes of at least 4 members (excludes halogenated alkanes) is 1. The third kappa shape index (κ3) is 6.37. The van der Waals surface area contributed by atoms with Crippen molar-refractivity contribution in [3.63, 3.8) is 0 Å². The Morgan fingerprint density at radius 1 is 1.30 bits per heavy atom. The Hall–Kier alpha value is 0.250. The molecule has 0 saturated heterocycles. The Kier molecular flexibility index (Phi) is 9.48. The monoisotopic (exact) mass is 165 g/mol. The van der Waals surface area contributed by atoms with Crippen LogP contribution in [-0.2, 0) is 0 Å². The fourth-order valence-corrected chi connectivity index (χ4v) is 0.773. The third-order valence-corrected chi connectivity index (χ3v) is 1.75. The van der Waals surface area contributed by atoms with Gasteiger partial charge in [-0.05, 0) is 12.3 Å². The summed E-state index contributed by atoms with van der Waals surface area (Å²) in [4.78, 5) is 0. The van der Waals surface area contributed by atoms with Crippen molar-refractivity contribution < 1.29 is 0 Å². The van der Waals surface area contributed by atoms with Gasteiger partial charge >= 0.3 is 0 Å². The minimum atomic E-state index is 0. The van der Waals surface area contributed by atoms with Gasteiger partial charge in [0.15, 0.2) is 0 Å². The molecule has 0 saturated carbocycles. The van der Waals surface area contributed by atoms with Crippen LogP contribution in [0.4, 0.5) is 0 Å². The van der Waals surface area contributed by atoms with Gasteiger partial charge in [0, 0.05) is 6.04 Å². The topological polar surface area (TPSA) is 26.0 Å². The molecule has 0 aliphatic heterocycles. The quantitative estimate of drug-likeness (QED) is 0.681. The van der Waals surface area contributed by atoms with E-state index in [2.05, 4.69) is 20.8 Å². The summed E-state index contributed by atoms with van der Waals surface area (Å²) in [7, 11) is 0. The normalized spacial score (nSPS) is 12.9. The lowest BCUT2D eigenvalue weighted by molar-refractivity contribution is 0.450. The van der Waals surface area contributed by atoms with Crippen molar-refractivity contribution in [2.75, 3.05) is 0 Å². The van der Waals surface area contributed by atoms with Crippen molar-refractivity contribution in [2.45, 2.75) is 46.1 Å². The van der Waals surface area contributed by atoms with Crippen LogP contribution in [0.5, 0.6) is 0 Å². The average Bonchev–Trinajstić information content (AvgIpc) is 1.82. The molecule has 0 aliphatic rings. The maximum absolute atomic E-state index is 5.80. The number of hydrogen-bond donors (Lipinski definition) is 1. The van der Waals surface area contributed by atoms with Crippen LogP contribution in [-0.4, -0.2) is 6.04 Å². The van der Waals surface area contributed by atoms with Crippen LogP contribution in [0.15, 0.2) is 0 Å². The van der Waals surface area contributed by atoms with Crippen molar-refractivity contribution in [1.82, 2.24) is 0 Å². The molecule has 0 aromatic rings. The first-order chi connectivity index (χ1) is 4.18. The highest BCUT2D eigenvalue weighted by molar-refractivity contribution is 5.85. The van der Waals surface area contributed by atoms with Crippen LogP contribution >= 0.6 is 12.4 Å². The SMILES string of the molecule is CCCC[C@@H](N)C(C)C.Cl. The van der Waals surface area contributed by atoms with E-state index in [0.29, 0.717) is 12.0 Å². The van der Waals surface area contributed by atoms with E-state index in [1.165, 1.54) is 19.3 Å². The maximum Gasteiger partial charge on any atom is 0.00618 e. The molecule has 0 radical (unpaired) electrons. The van der Waals surface area contributed by atoms with Gasteiger partial charge < -0.3 is 5.73 Å². The summed E-state index contributed by atoms with van der Waals surface area (Å²) in [6.07, 6.45) is 3.73. The fourth-order valence-electron chi connectivity index (χ4n) is 0.773. The van der Waals surface area contributed by atoms with E-state index < -0.39 is 0 Å². The van der Waals surface area contributed by atoms with Crippen LogP contribution in [0.2, 0.25) is 0 Å². The zero-order chi connectivity index (χ0) is 7.28. The smallest absolute Gasteiger partial charge is 0.00618 e. The molecule has 10 heavy (non-hydrogen) atoms. The molecule has 64 valence electrons. The predicted molar refractivity (Wildman–Crippen MR) is 49.6 cm³/mol. The van der Waals surface area contributed by atoms with E-state index >= 15 is 0 Å². The second kappa shape index (κ2) is 7.36. The highest BCUT2D eigenvalue weighted by Gasteiger charge is 2.04. The van der Waals surface area contributed by atoms with Gasteiger partial charge in [-0.3, -0.25) is 0 Å². The summed E-state index contributed by atoms with van der Waals surface area (Å²) >= 11 is 0. The summed E-state index contributed by atoms with van der Waals surface area (Å²) in [5, 5.41) is 0. The molecule has 0 aromatic heterocycles. The summed E-state index contributed by atoms with van der Waals surface area (Å²) in [6, 6.07) is 0.421. The van der Waals surface area contributed by atoms with Crippen molar-refractivity contribution in [3.8, 4) is 0 Å². The summed E-state index contributed by atoms with van der Waals surface area (Å²) in [5.41, 5.74) is 5.80. The van der Waals surface area contributed by atoms with E-state index in [9.17, 15) is 0 Å². The molecule has 0 fully saturated rings. The van der Waals surface area contributed by atoms with Gasteiger partial charge in [-0.2, -0.15) is 0 Å². The lowest BCUT2D eigenvalue weighted by Crippen LogP contribution is -2.25. The first kappa shape index (κ1) is 12.9. The summed E-state index contributed by atoms with van der Waals surface area (Å²) in [6.45, 7) is 6.56. The van der Waals surface area contributed by atoms with Gasteiger partial charge in [0.05, 0.1) is 0 Å². The summed E-state index contributed by atoms with van der Waals surface area (Å²) in [5.74, 6) is 0.650. The molecule has 0 spiro atoms. The van der Waals surface area contributed by atoms with Crippen LogP contribution in [0.1, 0.15) is 40.0 Å². The lowest BCUT2D eigenvalue weighted by atomic mass is 10.00. The fraction of sp³-hybridized carbons (Fsp3) is 1.00. The van der Waals surface area contributed by atoms with Crippen LogP contribution in [0.25, 0.3) is 0 Å². The van der Waals surface area contributed by atoms with Crippen molar-refractivity contribution in [2.24, 2.45) is 11.7 Å². The Bertz CT molecular complexity index is 64.3. The molecular formula is C8H20ClN. The number of hydrogen-bond acceptors (Lipinski definition) is 1. The highest BCUT2D eigenvalue weighted by Crippen LogP contribution is 2.06. The van der Waals surface area contributed by atoms with Crippen LogP contribution in [0.3, 0.4) is 0 Å². The number of halogens is 1. The Morgan fingerprint density at radius 2 is 1.80 bits per heavy atom. The third-order valence-electron chi connectivity index (χ3n) is 1.75. The second-order valence-electron chi connectivity index (χ2n) is 3.05. The van der Waals surface area contributed by atoms with Gasteiger partial charge in [-0.25, -0.2) is 0 Å². The number of rotatable bonds is 4. The Labute approximate surface area is 70.8 Å². The standard InChI is InChI=1S/C8H19N.ClH/c1-4-5-6-8(9)7(2)3;/h7-8H,4-6,9H2,1-3H3;1H/t8-;/m1./s1. The first-order valence-corrected chi connectivity index (χ1v) is 3.94. The van der Waals surface area contributed by atoms with Gasteiger partial charge in [0.1, 0.15) is 0 Å². The molecule has 0 heterocycles. The first-order valence-electron chi connectivity index (χ1n) is 3.94. The molecule has 2 heteroatoms. The molecule has 0 unspecified atom stereocenters. The van der Waals surface area contributed by atoms with E-state index in [1.807, 2.05) is 0 Å². The maximum atomic E-state index is 5.80. The minimum Gasteiger partial charge on any atom is -0.327 e. The Morgan fingerprint density at radius 3 is 2.10 bits per heavy atom. The van der Waals surface area contributed by atoms with Gasteiger partial charge in [-0.15, -0.1) is 12.4 Å². The summed E-state index contributed by atoms with van der Waals surface area (Å²) < 4.78 is 0. The van der Waals surface area contributed by atoms with Gasteiger partial charge in [0.2, 0.25) is 0 Å². The predicted octanol–water partition coefficient (Wildman–Crippen LogP) is 2.58. The van der Waals surface area contributed by atoms with E-state index in [4.69, 9.17) is 5.73 Å². The molecule has 2 N–H and O–H groups in total. The van der Waals surface area contributed by atoms with E-state index in [1.54, 1.807) is 0 Å². The van der Waals surface area contributed by atoms with Gasteiger partial charge in [0.25, 0.3) is 0 Å². The van der Waals surface area contributed by atoms with Crippen LogP contribution < -0.4 is 5.73 Å². The van der Waals surface area contributed by atoms with Crippen molar-refractivity contribution >= 4 is 12.4 Å². The molecule has 1 atom stereocenters. The average molecular weight is 166 g/mol. The van der Waals surface area contributed by atoms with E-state index in [-0.39, 0.29) is 12.4 Å². The van der Waals surface area contributed by atoms with Crippen LogP contribution in [0, 0.1) is 5.92 Å². The Balaban J connectivity index is 0. The molecule has 0 bridgehead atoms. The molecule has 0 amide bonds. The minimum absolute atomic E-state index is 0. The van der Waals surface area contributed by atoms with Crippen molar-refractivity contribution in [1.29, 1.82) is 0 Å². The largest absolute Gasteiger partial charge is 0.327 e. The zero-order valence-electron chi connectivity index (χ0n) is 7.26. The zero-order valence-corrected chi connectivity index (χ0v) is 8.08. The number of nitrogens with two attached hydrogens (primary N) is 1. The molecule has 1 nitrogen and oxygen atoms in total. The van der Waals surface area contributed by atoms with Crippen molar-refractivity contribution in [3.05, 3.63) is 0 Å².